The van der Waals surface area contributed by atoms with E-state index in [4.69, 9.17) is 4.52 Å². The molecular formula is C10H12N4O. The maximum atomic E-state index is 4.83. The van der Waals surface area contributed by atoms with Crippen molar-refractivity contribution in [3.63, 3.8) is 0 Å². The van der Waals surface area contributed by atoms with E-state index in [2.05, 4.69) is 20.4 Å². The zero-order chi connectivity index (χ0) is 10.7. The molecule has 15 heavy (non-hydrogen) atoms. The molecule has 0 fully saturated rings. The van der Waals surface area contributed by atoms with Gasteiger partial charge in [-0.25, -0.2) is 9.97 Å². The van der Waals surface area contributed by atoms with Crippen LogP contribution in [0.2, 0.25) is 0 Å². The van der Waals surface area contributed by atoms with E-state index in [9.17, 15) is 0 Å². The Kier molecular flexibility index (Phi) is 2.62. The van der Waals surface area contributed by atoms with Gasteiger partial charge in [-0.3, -0.25) is 0 Å². The minimum Gasteiger partial charge on any atom is -0.364 e. The number of hydrogen-bond donors (Lipinski definition) is 1. The first-order chi connectivity index (χ1) is 7.25. The summed E-state index contributed by atoms with van der Waals surface area (Å²) in [7, 11) is 0. The summed E-state index contributed by atoms with van der Waals surface area (Å²) in [5, 5.41) is 7.03. The van der Waals surface area contributed by atoms with Gasteiger partial charge in [0.25, 0.3) is 0 Å². The minimum atomic E-state index is 0.610. The molecule has 0 bridgehead atoms. The minimum absolute atomic E-state index is 0.610. The lowest BCUT2D eigenvalue weighted by Gasteiger charge is -2.03. The fourth-order valence-corrected chi connectivity index (χ4v) is 1.21. The summed E-state index contributed by atoms with van der Waals surface area (Å²) < 4.78 is 4.83. The molecule has 0 saturated carbocycles. The lowest BCUT2D eigenvalue weighted by Crippen LogP contribution is -2.03. The van der Waals surface area contributed by atoms with E-state index in [1.54, 1.807) is 6.26 Å². The molecule has 1 N–H and O–H groups in total. The predicted octanol–water partition coefficient (Wildman–Crippen LogP) is 1.69. The van der Waals surface area contributed by atoms with E-state index in [1.165, 1.54) is 6.33 Å². The number of hydrogen-bond acceptors (Lipinski definition) is 5. The average Bonchev–Trinajstić information content (AvgIpc) is 2.61. The lowest BCUT2D eigenvalue weighted by molar-refractivity contribution is 0.412. The lowest BCUT2D eigenvalue weighted by atomic mass is 10.3. The summed E-state index contributed by atoms with van der Waals surface area (Å²) >= 11 is 0. The predicted molar refractivity (Wildman–Crippen MR) is 55.3 cm³/mol. The third kappa shape index (κ3) is 2.31. The third-order valence-corrected chi connectivity index (χ3v) is 2.09. The first kappa shape index (κ1) is 9.64. The van der Waals surface area contributed by atoms with Crippen LogP contribution in [0.5, 0.6) is 0 Å². The molecule has 2 rings (SSSR count). The molecule has 2 aromatic heterocycles. The van der Waals surface area contributed by atoms with Crippen molar-refractivity contribution in [2.75, 3.05) is 5.32 Å². The maximum absolute atomic E-state index is 4.83. The molecule has 0 atom stereocenters. The van der Waals surface area contributed by atoms with E-state index >= 15 is 0 Å². The van der Waals surface area contributed by atoms with Crippen molar-refractivity contribution in [2.24, 2.45) is 0 Å². The molecule has 0 amide bonds. The summed E-state index contributed by atoms with van der Waals surface area (Å²) in [6.45, 7) is 4.49. The van der Waals surface area contributed by atoms with Crippen molar-refractivity contribution in [1.29, 1.82) is 0 Å². The second kappa shape index (κ2) is 4.08. The van der Waals surface area contributed by atoms with Crippen LogP contribution in [-0.4, -0.2) is 15.1 Å². The van der Waals surface area contributed by atoms with Crippen molar-refractivity contribution >= 4 is 5.82 Å². The van der Waals surface area contributed by atoms with Crippen LogP contribution in [-0.2, 0) is 6.54 Å². The molecule has 2 aromatic rings. The zero-order valence-electron chi connectivity index (χ0n) is 8.69. The highest BCUT2D eigenvalue weighted by molar-refractivity contribution is 5.35. The van der Waals surface area contributed by atoms with Crippen LogP contribution in [0.25, 0.3) is 0 Å². The summed E-state index contributed by atoms with van der Waals surface area (Å²) in [6, 6.07) is 1.88. The average molecular weight is 204 g/mol. The first-order valence-electron chi connectivity index (χ1n) is 4.68. The Hall–Kier alpha value is -1.91. The Morgan fingerprint density at radius 2 is 2.20 bits per heavy atom. The van der Waals surface area contributed by atoms with Crippen LogP contribution in [0.15, 0.2) is 23.2 Å². The fraction of sp³-hybridized carbons (Fsp3) is 0.300. The zero-order valence-corrected chi connectivity index (χ0v) is 8.69. The van der Waals surface area contributed by atoms with Crippen molar-refractivity contribution in [1.82, 2.24) is 15.1 Å². The number of rotatable bonds is 3. The largest absolute Gasteiger partial charge is 0.364 e. The Bertz CT molecular complexity index is 452. The topological polar surface area (TPSA) is 63.8 Å². The molecular weight excluding hydrogens is 192 g/mol. The highest BCUT2D eigenvalue weighted by Crippen LogP contribution is 2.08. The van der Waals surface area contributed by atoms with Gasteiger partial charge in [-0.05, 0) is 13.8 Å². The van der Waals surface area contributed by atoms with E-state index < -0.39 is 0 Å². The molecule has 0 aliphatic rings. The van der Waals surface area contributed by atoms with Gasteiger partial charge in [-0.15, -0.1) is 0 Å². The fourth-order valence-electron chi connectivity index (χ4n) is 1.21. The smallest absolute Gasteiger partial charge is 0.129 e. The van der Waals surface area contributed by atoms with Crippen molar-refractivity contribution in [3.8, 4) is 0 Å². The summed E-state index contributed by atoms with van der Waals surface area (Å²) in [4.78, 5) is 8.11. The highest BCUT2D eigenvalue weighted by Gasteiger charge is 2.02. The van der Waals surface area contributed by atoms with Crippen LogP contribution in [0.1, 0.15) is 17.0 Å². The maximum Gasteiger partial charge on any atom is 0.129 e. The van der Waals surface area contributed by atoms with Crippen LogP contribution in [0.4, 0.5) is 5.82 Å². The Morgan fingerprint density at radius 1 is 1.33 bits per heavy atom. The molecule has 2 heterocycles. The van der Waals surface area contributed by atoms with Crippen LogP contribution in [0, 0.1) is 13.8 Å². The molecule has 0 radical (unpaired) electrons. The molecule has 78 valence electrons. The molecule has 0 aromatic carbocycles. The first-order valence-corrected chi connectivity index (χ1v) is 4.68. The molecule has 5 heteroatoms. The second-order valence-electron chi connectivity index (χ2n) is 3.34. The molecule has 0 saturated heterocycles. The van der Waals surface area contributed by atoms with Gasteiger partial charge < -0.3 is 9.84 Å². The summed E-state index contributed by atoms with van der Waals surface area (Å²) in [5.74, 6) is 0.796. The van der Waals surface area contributed by atoms with Gasteiger partial charge >= 0.3 is 0 Å². The van der Waals surface area contributed by atoms with Gasteiger partial charge in [-0.1, -0.05) is 5.16 Å². The highest BCUT2D eigenvalue weighted by atomic mass is 16.5. The van der Waals surface area contributed by atoms with Crippen molar-refractivity contribution in [2.45, 2.75) is 20.4 Å². The molecule has 5 nitrogen and oxygen atoms in total. The van der Waals surface area contributed by atoms with Crippen molar-refractivity contribution in [3.05, 3.63) is 35.6 Å². The van der Waals surface area contributed by atoms with E-state index in [1.807, 2.05) is 19.9 Å². The van der Waals surface area contributed by atoms with E-state index in [-0.39, 0.29) is 0 Å². The second-order valence-corrected chi connectivity index (χ2v) is 3.34. The number of nitrogens with one attached hydrogen (secondary N) is 1. The Balaban J connectivity index is 2.02. The Morgan fingerprint density at radius 3 is 2.87 bits per heavy atom. The number of aromatic nitrogens is 3. The number of nitrogens with zero attached hydrogens (tertiary/aromatic N) is 3. The van der Waals surface area contributed by atoms with Gasteiger partial charge in [0.05, 0.1) is 6.54 Å². The quantitative estimate of drug-likeness (QED) is 0.824. The van der Waals surface area contributed by atoms with Crippen LogP contribution in [0.3, 0.4) is 0 Å². The van der Waals surface area contributed by atoms with Crippen molar-refractivity contribution < 1.29 is 4.52 Å². The van der Waals surface area contributed by atoms with Gasteiger partial charge in [0.15, 0.2) is 0 Å². The third-order valence-electron chi connectivity index (χ3n) is 2.09. The number of aryl methyl sites for hydroxylation is 2. The van der Waals surface area contributed by atoms with Gasteiger partial charge in [0.1, 0.15) is 24.1 Å². The van der Waals surface area contributed by atoms with E-state index in [0.717, 1.165) is 22.8 Å². The summed E-state index contributed by atoms with van der Waals surface area (Å²) in [6.07, 6.45) is 3.16. The monoisotopic (exact) mass is 204 g/mol. The normalized spacial score (nSPS) is 10.3. The Labute approximate surface area is 87.5 Å². The standard InChI is InChI=1S/C10H12N4O/c1-7-5-15-14-9(7)4-11-10-3-8(2)12-6-13-10/h3,5-6H,4H2,1-2H3,(H,11,12,13). The van der Waals surface area contributed by atoms with Gasteiger partial charge in [0.2, 0.25) is 0 Å². The van der Waals surface area contributed by atoms with Gasteiger partial charge in [0, 0.05) is 17.3 Å². The van der Waals surface area contributed by atoms with Crippen LogP contribution >= 0.6 is 0 Å². The number of anilines is 1. The molecule has 0 unspecified atom stereocenters. The summed E-state index contributed by atoms with van der Waals surface area (Å²) in [5.41, 5.74) is 2.86. The molecule has 0 aliphatic heterocycles. The molecule has 0 spiro atoms. The SMILES string of the molecule is Cc1cc(NCc2nocc2C)ncn1. The van der Waals surface area contributed by atoms with E-state index in [0.29, 0.717) is 6.54 Å². The van der Waals surface area contributed by atoms with Gasteiger partial charge in [-0.2, -0.15) is 0 Å². The van der Waals surface area contributed by atoms with Crippen LogP contribution < -0.4 is 5.32 Å². The molecule has 0 aliphatic carbocycles.